The summed E-state index contributed by atoms with van der Waals surface area (Å²) < 4.78 is 13.0. The summed E-state index contributed by atoms with van der Waals surface area (Å²) >= 11 is 4.48. The normalized spacial score (nSPS) is 17.9. The predicted octanol–water partition coefficient (Wildman–Crippen LogP) is 5.42. The van der Waals surface area contributed by atoms with Crippen LogP contribution >= 0.6 is 34.4 Å². The van der Waals surface area contributed by atoms with Gasteiger partial charge in [-0.3, -0.25) is 9.36 Å². The van der Waals surface area contributed by atoms with Crippen molar-refractivity contribution in [2.45, 2.75) is 69.2 Å². The molecule has 3 aromatic heterocycles. The summed E-state index contributed by atoms with van der Waals surface area (Å²) in [6.07, 6.45) is 8.48. The van der Waals surface area contributed by atoms with Crippen LogP contribution in [0.3, 0.4) is 0 Å². The Bertz CT molecular complexity index is 1200. The van der Waals surface area contributed by atoms with E-state index in [0.717, 1.165) is 67.8 Å². The van der Waals surface area contributed by atoms with Gasteiger partial charge >= 0.3 is 5.97 Å². The van der Waals surface area contributed by atoms with Gasteiger partial charge in [-0.15, -0.1) is 32.9 Å². The zero-order valence-corrected chi connectivity index (χ0v) is 22.7. The van der Waals surface area contributed by atoms with Gasteiger partial charge < -0.3 is 14.8 Å². The number of amides is 1. The molecule has 36 heavy (non-hydrogen) atoms. The number of esters is 1. The Morgan fingerprint density at radius 1 is 1.22 bits per heavy atom. The highest BCUT2D eigenvalue weighted by molar-refractivity contribution is 7.99. The lowest BCUT2D eigenvalue weighted by Gasteiger charge is -2.14. The fraction of sp³-hybridized carbons (Fsp3) is 0.520. The molecule has 4 heterocycles. The minimum atomic E-state index is -0.382. The van der Waals surface area contributed by atoms with E-state index in [9.17, 15) is 9.59 Å². The van der Waals surface area contributed by atoms with Crippen LogP contribution in [0.15, 0.2) is 22.7 Å². The monoisotopic (exact) mass is 546 g/mol. The van der Waals surface area contributed by atoms with E-state index in [1.807, 2.05) is 17.5 Å². The smallest absolute Gasteiger partial charge is 0.341 e. The van der Waals surface area contributed by atoms with Crippen molar-refractivity contribution >= 4 is 51.3 Å². The number of fused-ring (bicyclic) bond motifs is 1. The van der Waals surface area contributed by atoms with Crippen molar-refractivity contribution in [2.24, 2.45) is 0 Å². The molecule has 1 unspecified atom stereocenters. The van der Waals surface area contributed by atoms with Crippen LogP contribution in [0.2, 0.25) is 0 Å². The molecule has 1 atom stereocenters. The van der Waals surface area contributed by atoms with Gasteiger partial charge in [0.1, 0.15) is 5.00 Å². The first-order valence-electron chi connectivity index (χ1n) is 12.4. The van der Waals surface area contributed by atoms with Crippen molar-refractivity contribution in [1.29, 1.82) is 0 Å². The maximum absolute atomic E-state index is 13.0. The second-order valence-electron chi connectivity index (χ2n) is 8.98. The van der Waals surface area contributed by atoms with Crippen molar-refractivity contribution in [2.75, 3.05) is 24.8 Å². The highest BCUT2D eigenvalue weighted by Crippen LogP contribution is 2.38. The largest absolute Gasteiger partial charge is 0.465 e. The predicted molar refractivity (Wildman–Crippen MR) is 143 cm³/mol. The second-order valence-corrected chi connectivity index (χ2v) is 12.0. The summed E-state index contributed by atoms with van der Waals surface area (Å²) in [4.78, 5) is 27.9. The standard InChI is InChI=1S/C25H30N4O4S3/c1-32-24(31)21-17-9-4-2-3-5-10-18(17)36-23(21)26-20(30)15-35-25-28-27-22(19-11-7-13-34-19)29(25)14-16-8-6-12-33-16/h7,11,13,16H,2-6,8-10,12,14-15H2,1H3,(H,26,30). The number of ether oxygens (including phenoxy) is 2. The molecule has 1 amide bonds. The molecule has 1 fully saturated rings. The minimum Gasteiger partial charge on any atom is -0.465 e. The van der Waals surface area contributed by atoms with Crippen LogP contribution in [0, 0.1) is 0 Å². The van der Waals surface area contributed by atoms with Gasteiger partial charge in [0.15, 0.2) is 11.0 Å². The van der Waals surface area contributed by atoms with Crippen LogP contribution in [0.1, 0.15) is 59.3 Å². The number of nitrogens with zero attached hydrogens (tertiary/aromatic N) is 3. The molecular formula is C25H30N4O4S3. The molecule has 8 nitrogen and oxygen atoms in total. The van der Waals surface area contributed by atoms with Crippen molar-refractivity contribution < 1.29 is 19.1 Å². The quantitative estimate of drug-likeness (QED) is 0.298. The molecule has 0 saturated carbocycles. The molecule has 1 aliphatic heterocycles. The minimum absolute atomic E-state index is 0.126. The molecule has 1 saturated heterocycles. The summed E-state index contributed by atoms with van der Waals surface area (Å²) in [5.74, 6) is 0.406. The molecule has 0 aromatic carbocycles. The van der Waals surface area contributed by atoms with Gasteiger partial charge in [-0.1, -0.05) is 30.7 Å². The third-order valence-corrected chi connectivity index (χ3v) is 9.55. The lowest BCUT2D eigenvalue weighted by molar-refractivity contribution is -0.113. The highest BCUT2D eigenvalue weighted by atomic mass is 32.2. The third kappa shape index (κ3) is 5.69. The summed E-state index contributed by atoms with van der Waals surface area (Å²) in [6.45, 7) is 1.44. The third-order valence-electron chi connectivity index (χ3n) is 6.51. The lowest BCUT2D eigenvalue weighted by atomic mass is 9.96. The molecule has 0 bridgehead atoms. The number of anilines is 1. The van der Waals surface area contributed by atoms with Gasteiger partial charge in [0.05, 0.1) is 36.0 Å². The number of hydrogen-bond acceptors (Lipinski definition) is 9. The highest BCUT2D eigenvalue weighted by Gasteiger charge is 2.27. The Morgan fingerprint density at radius 3 is 2.83 bits per heavy atom. The Kier molecular flexibility index (Phi) is 8.40. The second kappa shape index (κ2) is 11.9. The molecule has 1 N–H and O–H groups in total. The molecule has 1 aliphatic carbocycles. The summed E-state index contributed by atoms with van der Waals surface area (Å²) in [6, 6.07) is 4.02. The number of aryl methyl sites for hydroxylation is 1. The number of thiophene rings is 2. The van der Waals surface area contributed by atoms with Crippen molar-refractivity contribution in [3.63, 3.8) is 0 Å². The average molecular weight is 547 g/mol. The fourth-order valence-corrected chi connectivity index (χ4v) is 7.52. The molecule has 0 radical (unpaired) electrons. The molecule has 11 heteroatoms. The number of carbonyl (C=O) groups excluding carboxylic acids is 2. The first kappa shape index (κ1) is 25.4. The van der Waals surface area contributed by atoms with Crippen LogP contribution in [-0.4, -0.2) is 52.2 Å². The van der Waals surface area contributed by atoms with E-state index in [4.69, 9.17) is 9.47 Å². The van der Waals surface area contributed by atoms with E-state index in [0.29, 0.717) is 22.3 Å². The Labute approximate surface area is 222 Å². The van der Waals surface area contributed by atoms with Crippen molar-refractivity contribution in [1.82, 2.24) is 14.8 Å². The number of aromatic nitrogens is 3. The van der Waals surface area contributed by atoms with Crippen LogP contribution in [0.5, 0.6) is 0 Å². The molecule has 192 valence electrons. The molecular weight excluding hydrogens is 517 g/mol. The molecule has 5 rings (SSSR count). The Balaban J connectivity index is 1.32. The van der Waals surface area contributed by atoms with Crippen molar-refractivity contribution in [3.8, 4) is 10.7 Å². The van der Waals surface area contributed by atoms with Gasteiger partial charge in [-0.05, 0) is 55.5 Å². The van der Waals surface area contributed by atoms with Crippen LogP contribution in [-0.2, 0) is 33.7 Å². The van der Waals surface area contributed by atoms with Gasteiger partial charge in [0, 0.05) is 11.5 Å². The summed E-state index contributed by atoms with van der Waals surface area (Å²) in [5, 5.41) is 15.1. The maximum atomic E-state index is 13.0. The number of hydrogen-bond donors (Lipinski definition) is 1. The first-order valence-corrected chi connectivity index (χ1v) is 15.1. The Hall–Kier alpha value is -2.21. The van der Waals surface area contributed by atoms with Crippen LogP contribution in [0.4, 0.5) is 5.00 Å². The lowest BCUT2D eigenvalue weighted by Crippen LogP contribution is -2.18. The van der Waals surface area contributed by atoms with Gasteiger partial charge in [0.2, 0.25) is 5.91 Å². The number of methoxy groups -OCH3 is 1. The zero-order valence-electron chi connectivity index (χ0n) is 20.3. The van der Waals surface area contributed by atoms with E-state index in [2.05, 4.69) is 20.1 Å². The van der Waals surface area contributed by atoms with E-state index in [1.54, 1.807) is 11.3 Å². The van der Waals surface area contributed by atoms with Gasteiger partial charge in [-0.25, -0.2) is 4.79 Å². The van der Waals surface area contributed by atoms with E-state index >= 15 is 0 Å². The van der Waals surface area contributed by atoms with Gasteiger partial charge in [-0.2, -0.15) is 0 Å². The topological polar surface area (TPSA) is 95.3 Å². The maximum Gasteiger partial charge on any atom is 0.341 e. The zero-order chi connectivity index (χ0) is 24.9. The number of carbonyl (C=O) groups is 2. The average Bonchev–Trinajstić information content (AvgIpc) is 3.66. The van der Waals surface area contributed by atoms with Gasteiger partial charge in [0.25, 0.3) is 0 Å². The van der Waals surface area contributed by atoms with Crippen LogP contribution < -0.4 is 5.32 Å². The fourth-order valence-electron chi connectivity index (χ4n) is 4.76. The summed E-state index contributed by atoms with van der Waals surface area (Å²) in [7, 11) is 1.39. The van der Waals surface area contributed by atoms with E-state index in [-0.39, 0.29) is 23.7 Å². The van der Waals surface area contributed by atoms with E-state index < -0.39 is 0 Å². The molecule has 2 aliphatic rings. The number of rotatable bonds is 8. The number of thioether (sulfide) groups is 1. The van der Waals surface area contributed by atoms with E-state index in [1.165, 1.54) is 41.5 Å². The Morgan fingerprint density at radius 2 is 2.08 bits per heavy atom. The number of nitrogens with one attached hydrogen (secondary N) is 1. The van der Waals surface area contributed by atoms with Crippen LogP contribution in [0.25, 0.3) is 10.7 Å². The first-order chi connectivity index (χ1) is 17.6. The SMILES string of the molecule is COC(=O)c1c(NC(=O)CSc2nnc(-c3cccs3)n2CC2CCCO2)sc2c1CCCCCC2. The molecule has 3 aromatic rings. The molecule has 0 spiro atoms. The summed E-state index contributed by atoms with van der Waals surface area (Å²) in [5.41, 5.74) is 1.57. The van der Waals surface area contributed by atoms with Crippen molar-refractivity contribution in [3.05, 3.63) is 33.5 Å².